The van der Waals surface area contributed by atoms with Gasteiger partial charge in [-0.25, -0.2) is 4.98 Å². The van der Waals surface area contributed by atoms with Crippen molar-refractivity contribution < 1.29 is 4.79 Å². The van der Waals surface area contributed by atoms with Crippen molar-refractivity contribution in [2.75, 3.05) is 39.0 Å². The molecule has 1 aromatic rings. The lowest BCUT2D eigenvalue weighted by Gasteiger charge is -2.28. The molecule has 21 heavy (non-hydrogen) atoms. The molecule has 116 valence electrons. The number of nitrogens with one attached hydrogen (secondary N) is 1. The van der Waals surface area contributed by atoms with Crippen LogP contribution in [0.15, 0.2) is 12.1 Å². The van der Waals surface area contributed by atoms with Crippen LogP contribution in [0.5, 0.6) is 0 Å². The standard InChI is InChI=1S/C16H26N4O/c1-5-14-9-13(10-15(17-3)18-14)16(21)20-8-6-7-19(4)11-12(20)2/h9-10,12H,5-8,11H2,1-4H3,(H,17,18). The molecule has 1 aromatic heterocycles. The fourth-order valence-corrected chi connectivity index (χ4v) is 2.86. The molecular formula is C16H26N4O. The van der Waals surface area contributed by atoms with Crippen LogP contribution < -0.4 is 5.32 Å². The molecular weight excluding hydrogens is 264 g/mol. The first-order valence-electron chi connectivity index (χ1n) is 7.73. The van der Waals surface area contributed by atoms with Gasteiger partial charge >= 0.3 is 0 Å². The normalized spacial score (nSPS) is 20.2. The molecule has 1 atom stereocenters. The van der Waals surface area contributed by atoms with Crippen LogP contribution in [0.4, 0.5) is 5.82 Å². The van der Waals surface area contributed by atoms with Crippen LogP contribution in [0, 0.1) is 0 Å². The molecule has 0 bridgehead atoms. The first-order valence-corrected chi connectivity index (χ1v) is 7.73. The van der Waals surface area contributed by atoms with Gasteiger partial charge < -0.3 is 15.1 Å². The molecule has 1 fully saturated rings. The Hall–Kier alpha value is -1.62. The van der Waals surface area contributed by atoms with E-state index < -0.39 is 0 Å². The summed E-state index contributed by atoms with van der Waals surface area (Å²) in [4.78, 5) is 21.6. The molecule has 2 heterocycles. The zero-order valence-corrected chi connectivity index (χ0v) is 13.5. The van der Waals surface area contributed by atoms with Crippen molar-refractivity contribution in [2.45, 2.75) is 32.7 Å². The smallest absolute Gasteiger partial charge is 0.254 e. The maximum Gasteiger partial charge on any atom is 0.254 e. The van der Waals surface area contributed by atoms with Gasteiger partial charge in [0.25, 0.3) is 5.91 Å². The highest BCUT2D eigenvalue weighted by Crippen LogP contribution is 2.17. The minimum absolute atomic E-state index is 0.117. The predicted molar refractivity (Wildman–Crippen MR) is 85.8 cm³/mol. The lowest BCUT2D eigenvalue weighted by atomic mass is 10.1. The third-order valence-corrected chi connectivity index (χ3v) is 4.05. The largest absolute Gasteiger partial charge is 0.373 e. The van der Waals surface area contributed by atoms with Gasteiger partial charge in [-0.3, -0.25) is 4.79 Å². The van der Waals surface area contributed by atoms with Gasteiger partial charge in [0.2, 0.25) is 0 Å². The van der Waals surface area contributed by atoms with Crippen LogP contribution >= 0.6 is 0 Å². The van der Waals surface area contributed by atoms with Crippen molar-refractivity contribution in [2.24, 2.45) is 0 Å². The molecule has 5 nitrogen and oxygen atoms in total. The van der Waals surface area contributed by atoms with Crippen LogP contribution in [-0.4, -0.2) is 60.5 Å². The maximum atomic E-state index is 12.9. The quantitative estimate of drug-likeness (QED) is 0.923. The van der Waals surface area contributed by atoms with Gasteiger partial charge in [-0.2, -0.15) is 0 Å². The topological polar surface area (TPSA) is 48.5 Å². The van der Waals surface area contributed by atoms with Crippen LogP contribution in [0.3, 0.4) is 0 Å². The molecule has 2 rings (SSSR count). The number of hydrogen-bond donors (Lipinski definition) is 1. The molecule has 1 amide bonds. The van der Waals surface area contributed by atoms with Crippen LogP contribution in [0.2, 0.25) is 0 Å². The molecule has 1 unspecified atom stereocenters. The minimum atomic E-state index is 0.117. The first-order chi connectivity index (χ1) is 10.0. The molecule has 1 aliphatic rings. The highest BCUT2D eigenvalue weighted by atomic mass is 16.2. The summed E-state index contributed by atoms with van der Waals surface area (Å²) >= 11 is 0. The number of amides is 1. The summed E-state index contributed by atoms with van der Waals surface area (Å²) in [6.07, 6.45) is 1.85. The Morgan fingerprint density at radius 3 is 2.86 bits per heavy atom. The molecule has 0 saturated carbocycles. The van der Waals surface area contributed by atoms with E-state index in [1.807, 2.05) is 24.1 Å². The van der Waals surface area contributed by atoms with Crippen molar-refractivity contribution >= 4 is 11.7 Å². The number of carbonyl (C=O) groups excluding carboxylic acids is 1. The Morgan fingerprint density at radius 2 is 2.19 bits per heavy atom. The van der Waals surface area contributed by atoms with E-state index in [1.54, 1.807) is 0 Å². The summed E-state index contributed by atoms with van der Waals surface area (Å²) in [6.45, 7) is 6.98. The number of aromatic nitrogens is 1. The molecule has 0 radical (unpaired) electrons. The Labute approximate surface area is 127 Å². The number of pyridine rings is 1. The number of hydrogen-bond acceptors (Lipinski definition) is 4. The van der Waals surface area contributed by atoms with Gasteiger partial charge in [-0.1, -0.05) is 6.92 Å². The molecule has 1 N–H and O–H groups in total. The van der Waals surface area contributed by atoms with E-state index >= 15 is 0 Å². The summed E-state index contributed by atoms with van der Waals surface area (Å²) in [5, 5.41) is 3.04. The van der Waals surface area contributed by atoms with E-state index in [-0.39, 0.29) is 11.9 Å². The Balaban J connectivity index is 2.26. The van der Waals surface area contributed by atoms with E-state index in [1.165, 1.54) is 0 Å². The van der Waals surface area contributed by atoms with Gasteiger partial charge in [-0.05, 0) is 45.5 Å². The van der Waals surface area contributed by atoms with Crippen LogP contribution in [-0.2, 0) is 6.42 Å². The Morgan fingerprint density at radius 1 is 1.43 bits per heavy atom. The second-order valence-electron chi connectivity index (χ2n) is 5.80. The van der Waals surface area contributed by atoms with E-state index in [0.717, 1.165) is 49.6 Å². The molecule has 0 aromatic carbocycles. The Kier molecular flexibility index (Phi) is 5.17. The summed E-state index contributed by atoms with van der Waals surface area (Å²) < 4.78 is 0. The average Bonchev–Trinajstić information content (AvgIpc) is 2.66. The van der Waals surface area contributed by atoms with E-state index in [4.69, 9.17) is 0 Å². The number of rotatable bonds is 3. The van der Waals surface area contributed by atoms with Crippen molar-refractivity contribution in [3.63, 3.8) is 0 Å². The summed E-state index contributed by atoms with van der Waals surface area (Å²) in [5.41, 5.74) is 1.69. The van der Waals surface area contributed by atoms with Gasteiger partial charge in [-0.15, -0.1) is 0 Å². The SMILES string of the molecule is CCc1cc(C(=O)N2CCCN(C)CC2C)cc(NC)n1. The zero-order valence-electron chi connectivity index (χ0n) is 13.5. The third kappa shape index (κ3) is 3.73. The van der Waals surface area contributed by atoms with E-state index in [2.05, 4.69) is 36.1 Å². The minimum Gasteiger partial charge on any atom is -0.373 e. The summed E-state index contributed by atoms with van der Waals surface area (Å²) in [5.74, 6) is 0.878. The zero-order chi connectivity index (χ0) is 15.4. The van der Waals surface area contributed by atoms with Crippen molar-refractivity contribution in [1.29, 1.82) is 0 Å². The van der Waals surface area contributed by atoms with E-state index in [0.29, 0.717) is 0 Å². The third-order valence-electron chi connectivity index (χ3n) is 4.05. The predicted octanol–water partition coefficient (Wildman–Crippen LogP) is 1.85. The molecule has 0 aliphatic carbocycles. The van der Waals surface area contributed by atoms with Crippen LogP contribution in [0.1, 0.15) is 36.3 Å². The second kappa shape index (κ2) is 6.89. The van der Waals surface area contributed by atoms with Gasteiger partial charge in [0, 0.05) is 37.4 Å². The lowest BCUT2D eigenvalue weighted by molar-refractivity contribution is 0.0696. The number of anilines is 1. The van der Waals surface area contributed by atoms with Crippen LogP contribution in [0.25, 0.3) is 0 Å². The highest BCUT2D eigenvalue weighted by molar-refractivity contribution is 5.95. The van der Waals surface area contributed by atoms with Crippen molar-refractivity contribution in [1.82, 2.24) is 14.8 Å². The maximum absolute atomic E-state index is 12.9. The number of carbonyl (C=O) groups is 1. The summed E-state index contributed by atoms with van der Waals surface area (Å²) in [7, 11) is 3.95. The van der Waals surface area contributed by atoms with Gasteiger partial charge in [0.15, 0.2) is 0 Å². The number of likely N-dealkylation sites (N-methyl/N-ethyl adjacent to an activating group) is 1. The highest BCUT2D eigenvalue weighted by Gasteiger charge is 2.25. The fourth-order valence-electron chi connectivity index (χ4n) is 2.86. The number of aryl methyl sites for hydroxylation is 1. The second-order valence-corrected chi connectivity index (χ2v) is 5.80. The van der Waals surface area contributed by atoms with Gasteiger partial charge in [0.05, 0.1) is 0 Å². The fraction of sp³-hybridized carbons (Fsp3) is 0.625. The summed E-state index contributed by atoms with van der Waals surface area (Å²) in [6, 6.07) is 4.01. The lowest BCUT2D eigenvalue weighted by Crippen LogP contribution is -2.42. The average molecular weight is 290 g/mol. The Bertz CT molecular complexity index is 481. The first kappa shape index (κ1) is 15.8. The van der Waals surface area contributed by atoms with Gasteiger partial charge in [0.1, 0.15) is 5.82 Å². The number of nitrogens with zero attached hydrogens (tertiary/aromatic N) is 3. The van der Waals surface area contributed by atoms with E-state index in [9.17, 15) is 4.79 Å². The molecule has 5 heteroatoms. The van der Waals surface area contributed by atoms with Crippen molar-refractivity contribution in [3.8, 4) is 0 Å². The monoisotopic (exact) mass is 290 g/mol. The van der Waals surface area contributed by atoms with Crippen molar-refractivity contribution in [3.05, 3.63) is 23.4 Å². The molecule has 1 saturated heterocycles. The molecule has 0 spiro atoms. The molecule has 1 aliphatic heterocycles.